The van der Waals surface area contributed by atoms with E-state index < -0.39 is 5.97 Å². The average Bonchev–Trinajstić information content (AvgIpc) is 3.04. The third kappa shape index (κ3) is 5.97. The van der Waals surface area contributed by atoms with Crippen LogP contribution in [0, 0.1) is 0 Å². The van der Waals surface area contributed by atoms with Gasteiger partial charge in [-0.1, -0.05) is 6.07 Å². The fourth-order valence-electron chi connectivity index (χ4n) is 3.05. The minimum absolute atomic E-state index is 0.164. The maximum absolute atomic E-state index is 12.8. The second-order valence-corrected chi connectivity index (χ2v) is 8.70. The zero-order valence-corrected chi connectivity index (χ0v) is 21.3. The molecule has 0 N–H and O–H groups in total. The Balaban J connectivity index is 1.90. The summed E-state index contributed by atoms with van der Waals surface area (Å²) in [5.74, 6) is 0.667. The number of likely N-dealkylation sites (N-methyl/N-ethyl adjacent to an activating group) is 1. The first-order valence-corrected chi connectivity index (χ1v) is 12.1. The van der Waals surface area contributed by atoms with Crippen molar-refractivity contribution in [3.63, 3.8) is 0 Å². The quantitative estimate of drug-likeness (QED) is 0.322. The van der Waals surface area contributed by atoms with Gasteiger partial charge in [0.2, 0.25) is 0 Å². The third-order valence-corrected chi connectivity index (χ3v) is 6.15. The van der Waals surface area contributed by atoms with Crippen molar-refractivity contribution >= 4 is 56.5 Å². The molecule has 0 unspecified atom stereocenters. The number of rotatable bonds is 8. The van der Waals surface area contributed by atoms with Gasteiger partial charge in [0.05, 0.1) is 40.4 Å². The van der Waals surface area contributed by atoms with E-state index in [9.17, 15) is 9.59 Å². The van der Waals surface area contributed by atoms with E-state index in [0.29, 0.717) is 52.6 Å². The molecule has 0 aliphatic carbocycles. The van der Waals surface area contributed by atoms with Crippen LogP contribution >= 0.6 is 27.7 Å². The predicted octanol–water partition coefficient (Wildman–Crippen LogP) is 5.66. The van der Waals surface area contributed by atoms with Gasteiger partial charge in [-0.05, 0) is 90.4 Å². The number of ether oxygens (including phenoxy) is 3. The average molecular weight is 533 g/mol. The molecule has 0 saturated carbocycles. The van der Waals surface area contributed by atoms with Crippen LogP contribution in [0.3, 0.4) is 0 Å². The molecule has 2 aromatic rings. The van der Waals surface area contributed by atoms with E-state index in [1.807, 2.05) is 26.0 Å². The number of carbonyl (C=O) groups excluding carboxylic acids is 2. The normalized spacial score (nSPS) is 15.9. The number of aliphatic imine (C=N–C) groups is 1. The third-order valence-electron chi connectivity index (χ3n) is 4.50. The van der Waals surface area contributed by atoms with Crippen LogP contribution in [0.4, 0.5) is 5.69 Å². The van der Waals surface area contributed by atoms with E-state index in [4.69, 9.17) is 14.2 Å². The first-order valence-electron chi connectivity index (χ1n) is 10.5. The van der Waals surface area contributed by atoms with Gasteiger partial charge in [-0.25, -0.2) is 9.79 Å². The molecule has 174 valence electrons. The number of carbonyl (C=O) groups is 2. The molecule has 1 heterocycles. The zero-order valence-electron chi connectivity index (χ0n) is 18.9. The molecule has 1 saturated heterocycles. The van der Waals surface area contributed by atoms with Gasteiger partial charge in [0.15, 0.2) is 16.7 Å². The number of halogens is 1. The first kappa shape index (κ1) is 24.9. The molecule has 9 heteroatoms. The smallest absolute Gasteiger partial charge is 0.338 e. The Morgan fingerprint density at radius 2 is 1.88 bits per heavy atom. The number of hydrogen-bond acceptors (Lipinski definition) is 7. The monoisotopic (exact) mass is 532 g/mol. The van der Waals surface area contributed by atoms with Gasteiger partial charge in [-0.15, -0.1) is 0 Å². The Bertz CT molecular complexity index is 1120. The van der Waals surface area contributed by atoms with E-state index in [2.05, 4.69) is 20.9 Å². The van der Waals surface area contributed by atoms with Crippen molar-refractivity contribution in [2.24, 2.45) is 4.99 Å². The summed E-state index contributed by atoms with van der Waals surface area (Å²) in [6.07, 6.45) is 1.80. The highest BCUT2D eigenvalue weighted by Gasteiger charge is 2.30. The number of thioether (sulfide) groups is 1. The van der Waals surface area contributed by atoms with Crippen LogP contribution in [0.25, 0.3) is 6.08 Å². The van der Waals surface area contributed by atoms with Crippen LogP contribution in [-0.4, -0.2) is 48.8 Å². The largest absolute Gasteiger partial charge is 0.490 e. The maximum atomic E-state index is 12.8. The number of esters is 1. The van der Waals surface area contributed by atoms with Crippen LogP contribution in [0.2, 0.25) is 0 Å². The molecule has 1 aliphatic heterocycles. The highest BCUT2D eigenvalue weighted by molar-refractivity contribution is 9.10. The van der Waals surface area contributed by atoms with Crippen molar-refractivity contribution in [3.8, 4) is 11.5 Å². The first-order chi connectivity index (χ1) is 15.9. The van der Waals surface area contributed by atoms with Crippen LogP contribution < -0.4 is 9.47 Å². The molecule has 7 nitrogen and oxygen atoms in total. The van der Waals surface area contributed by atoms with Gasteiger partial charge in [0.1, 0.15) is 0 Å². The Labute approximate surface area is 205 Å². The van der Waals surface area contributed by atoms with Gasteiger partial charge in [0.25, 0.3) is 5.91 Å². The SMILES string of the molecule is CCOC(=O)c1cccc(N=C2SC(=Cc3cc(Br)c(OCC)c(OCC)c3)C(=O)N2C)c1. The summed E-state index contributed by atoms with van der Waals surface area (Å²) >= 11 is 4.80. The summed E-state index contributed by atoms with van der Waals surface area (Å²) in [6.45, 7) is 6.86. The highest BCUT2D eigenvalue weighted by Crippen LogP contribution is 2.39. The Morgan fingerprint density at radius 1 is 1.12 bits per heavy atom. The molecular formula is C24H25BrN2O5S. The van der Waals surface area contributed by atoms with Crippen molar-refractivity contribution in [1.82, 2.24) is 4.90 Å². The summed E-state index contributed by atoms with van der Waals surface area (Å²) in [7, 11) is 1.67. The summed E-state index contributed by atoms with van der Waals surface area (Å²) in [5.41, 5.74) is 1.77. The van der Waals surface area contributed by atoms with Gasteiger partial charge in [-0.3, -0.25) is 9.69 Å². The van der Waals surface area contributed by atoms with E-state index in [-0.39, 0.29) is 5.91 Å². The van der Waals surface area contributed by atoms with Crippen molar-refractivity contribution in [2.45, 2.75) is 20.8 Å². The molecule has 1 aliphatic rings. The molecule has 3 rings (SSSR count). The Kier molecular flexibility index (Phi) is 8.57. The van der Waals surface area contributed by atoms with Gasteiger partial charge in [0, 0.05) is 7.05 Å². The van der Waals surface area contributed by atoms with E-state index >= 15 is 0 Å². The summed E-state index contributed by atoms with van der Waals surface area (Å²) in [5, 5.41) is 0.516. The van der Waals surface area contributed by atoms with Crippen LogP contribution in [0.15, 0.2) is 50.8 Å². The Hall–Kier alpha value is -2.78. The molecular weight excluding hydrogens is 508 g/mol. The molecule has 2 aromatic carbocycles. The fraction of sp³-hybridized carbons (Fsp3) is 0.292. The standard InChI is InChI=1S/C24H25BrN2O5S/c1-5-30-19-12-15(11-18(25)21(19)31-6-2)13-20-22(28)27(4)24(33-20)26-17-10-8-9-16(14-17)23(29)32-7-3/h8-14H,5-7H2,1-4H3. The van der Waals surface area contributed by atoms with E-state index in [1.54, 1.807) is 44.3 Å². The summed E-state index contributed by atoms with van der Waals surface area (Å²) < 4.78 is 17.2. The van der Waals surface area contributed by atoms with E-state index in [1.165, 1.54) is 16.7 Å². The summed E-state index contributed by atoms with van der Waals surface area (Å²) in [6, 6.07) is 10.5. The number of nitrogens with zero attached hydrogens (tertiary/aromatic N) is 2. The zero-order chi connectivity index (χ0) is 24.0. The van der Waals surface area contributed by atoms with Crippen LogP contribution in [0.1, 0.15) is 36.7 Å². The van der Waals surface area contributed by atoms with Crippen molar-refractivity contribution in [1.29, 1.82) is 0 Å². The van der Waals surface area contributed by atoms with Gasteiger partial charge in [-0.2, -0.15) is 0 Å². The minimum atomic E-state index is -0.408. The van der Waals surface area contributed by atoms with Crippen LogP contribution in [0.5, 0.6) is 11.5 Å². The molecule has 0 aromatic heterocycles. The number of hydrogen-bond donors (Lipinski definition) is 0. The lowest BCUT2D eigenvalue weighted by atomic mass is 10.2. The predicted molar refractivity (Wildman–Crippen MR) is 134 cm³/mol. The number of amides is 1. The molecule has 33 heavy (non-hydrogen) atoms. The van der Waals surface area contributed by atoms with Gasteiger partial charge < -0.3 is 14.2 Å². The lowest BCUT2D eigenvalue weighted by molar-refractivity contribution is -0.121. The fourth-order valence-corrected chi connectivity index (χ4v) is 4.61. The molecule has 1 fully saturated rings. The van der Waals surface area contributed by atoms with E-state index in [0.717, 1.165) is 10.0 Å². The molecule has 0 atom stereocenters. The molecule has 1 amide bonds. The van der Waals surface area contributed by atoms with Gasteiger partial charge >= 0.3 is 5.97 Å². The van der Waals surface area contributed by atoms with Crippen molar-refractivity contribution in [3.05, 3.63) is 56.9 Å². The topological polar surface area (TPSA) is 77.4 Å². The number of amidine groups is 1. The second-order valence-electron chi connectivity index (χ2n) is 6.84. The molecule has 0 bridgehead atoms. The van der Waals surface area contributed by atoms with Crippen molar-refractivity contribution < 1.29 is 23.8 Å². The minimum Gasteiger partial charge on any atom is -0.490 e. The van der Waals surface area contributed by atoms with Crippen LogP contribution in [-0.2, 0) is 9.53 Å². The molecule has 0 spiro atoms. The Morgan fingerprint density at radius 3 is 2.58 bits per heavy atom. The number of benzene rings is 2. The maximum Gasteiger partial charge on any atom is 0.338 e. The summed E-state index contributed by atoms with van der Waals surface area (Å²) in [4.78, 5) is 31.4. The van der Waals surface area contributed by atoms with Crippen molar-refractivity contribution in [2.75, 3.05) is 26.9 Å². The second kappa shape index (κ2) is 11.4. The lowest BCUT2D eigenvalue weighted by Crippen LogP contribution is -2.23. The highest BCUT2D eigenvalue weighted by atomic mass is 79.9. The molecule has 0 radical (unpaired) electrons. The lowest BCUT2D eigenvalue weighted by Gasteiger charge is -2.13.